The SMILES string of the molecule is CC(C)N(C)C(=O)CN1CCC2(CCCN(CCCc3ccccc3)C2=O)C1. The van der Waals surface area contributed by atoms with Crippen LogP contribution in [0.3, 0.4) is 0 Å². The summed E-state index contributed by atoms with van der Waals surface area (Å²) < 4.78 is 0. The summed E-state index contributed by atoms with van der Waals surface area (Å²) in [6.45, 7) is 7.79. The fraction of sp³-hybridized carbons (Fsp3) is 0.652. The van der Waals surface area contributed by atoms with E-state index < -0.39 is 0 Å². The van der Waals surface area contributed by atoms with Gasteiger partial charge in [0.2, 0.25) is 11.8 Å². The van der Waals surface area contributed by atoms with Gasteiger partial charge in [0.1, 0.15) is 0 Å². The van der Waals surface area contributed by atoms with Crippen LogP contribution in [0.5, 0.6) is 0 Å². The standard InChI is InChI=1S/C23H35N3O2/c1-19(2)24(3)21(27)17-25-16-13-23(18-25)12-8-15-26(22(23)28)14-7-11-20-9-5-4-6-10-20/h4-6,9-10,19H,7-8,11-18H2,1-3H3. The summed E-state index contributed by atoms with van der Waals surface area (Å²) >= 11 is 0. The Morgan fingerprint density at radius 3 is 2.64 bits per heavy atom. The molecule has 2 aliphatic rings. The zero-order valence-electron chi connectivity index (χ0n) is 17.7. The third-order valence-electron chi connectivity index (χ3n) is 6.52. The van der Waals surface area contributed by atoms with Gasteiger partial charge in [0.25, 0.3) is 0 Å². The van der Waals surface area contributed by atoms with Crippen LogP contribution in [-0.4, -0.2) is 72.3 Å². The Balaban J connectivity index is 1.52. The summed E-state index contributed by atoms with van der Waals surface area (Å²) in [6.07, 6.45) is 4.95. The van der Waals surface area contributed by atoms with E-state index in [9.17, 15) is 9.59 Å². The molecular formula is C23H35N3O2. The Morgan fingerprint density at radius 1 is 1.18 bits per heavy atom. The zero-order chi connectivity index (χ0) is 20.1. The first-order valence-corrected chi connectivity index (χ1v) is 10.7. The molecule has 2 fully saturated rings. The quantitative estimate of drug-likeness (QED) is 0.725. The van der Waals surface area contributed by atoms with E-state index in [1.807, 2.05) is 27.0 Å². The monoisotopic (exact) mass is 385 g/mol. The fourth-order valence-electron chi connectivity index (χ4n) is 4.55. The number of piperidine rings is 1. The number of likely N-dealkylation sites (tertiary alicyclic amines) is 2. The molecule has 2 aliphatic heterocycles. The van der Waals surface area contributed by atoms with Gasteiger partial charge in [-0.3, -0.25) is 14.5 Å². The van der Waals surface area contributed by atoms with Crippen molar-refractivity contribution in [1.29, 1.82) is 0 Å². The first kappa shape index (κ1) is 20.8. The summed E-state index contributed by atoms with van der Waals surface area (Å²) in [5.41, 5.74) is 1.07. The van der Waals surface area contributed by atoms with Crippen molar-refractivity contribution in [1.82, 2.24) is 14.7 Å². The van der Waals surface area contributed by atoms with Crippen LogP contribution in [-0.2, 0) is 16.0 Å². The first-order valence-electron chi connectivity index (χ1n) is 10.7. The number of likely N-dealkylation sites (N-methyl/N-ethyl adjacent to an activating group) is 1. The number of carbonyl (C=O) groups excluding carboxylic acids is 2. The van der Waals surface area contributed by atoms with E-state index >= 15 is 0 Å². The molecule has 154 valence electrons. The molecule has 2 saturated heterocycles. The lowest BCUT2D eigenvalue weighted by Crippen LogP contribution is -2.50. The van der Waals surface area contributed by atoms with E-state index in [-0.39, 0.29) is 17.4 Å². The molecular weight excluding hydrogens is 350 g/mol. The summed E-state index contributed by atoms with van der Waals surface area (Å²) in [4.78, 5) is 31.8. The number of nitrogens with zero attached hydrogens (tertiary/aromatic N) is 3. The van der Waals surface area contributed by atoms with Crippen LogP contribution in [0.4, 0.5) is 0 Å². The van der Waals surface area contributed by atoms with E-state index in [1.165, 1.54) is 5.56 Å². The topological polar surface area (TPSA) is 43.9 Å². The van der Waals surface area contributed by atoms with Crippen molar-refractivity contribution in [2.24, 2.45) is 5.41 Å². The normalized spacial score (nSPS) is 23.0. The van der Waals surface area contributed by atoms with E-state index in [1.54, 1.807) is 4.90 Å². The average molecular weight is 386 g/mol. The van der Waals surface area contributed by atoms with Crippen LogP contribution in [0.25, 0.3) is 0 Å². The first-order chi connectivity index (χ1) is 13.4. The van der Waals surface area contributed by atoms with Gasteiger partial charge in [0.05, 0.1) is 12.0 Å². The molecule has 2 heterocycles. The van der Waals surface area contributed by atoms with Gasteiger partial charge in [-0.25, -0.2) is 0 Å². The van der Waals surface area contributed by atoms with Crippen molar-refractivity contribution in [3.05, 3.63) is 35.9 Å². The second-order valence-corrected chi connectivity index (χ2v) is 8.82. The van der Waals surface area contributed by atoms with Gasteiger partial charge in [-0.2, -0.15) is 0 Å². The minimum absolute atomic E-state index is 0.148. The van der Waals surface area contributed by atoms with Crippen LogP contribution in [0.1, 0.15) is 45.1 Å². The number of hydrogen-bond acceptors (Lipinski definition) is 3. The molecule has 0 N–H and O–H groups in total. The Hall–Kier alpha value is -1.88. The summed E-state index contributed by atoms with van der Waals surface area (Å²) in [5.74, 6) is 0.467. The Bertz CT molecular complexity index is 676. The molecule has 28 heavy (non-hydrogen) atoms. The van der Waals surface area contributed by atoms with Crippen molar-refractivity contribution in [2.75, 3.05) is 39.8 Å². The predicted molar refractivity (Wildman–Crippen MR) is 112 cm³/mol. The van der Waals surface area contributed by atoms with Gasteiger partial charge in [-0.1, -0.05) is 30.3 Å². The summed E-state index contributed by atoms with van der Waals surface area (Å²) in [7, 11) is 1.86. The fourth-order valence-corrected chi connectivity index (χ4v) is 4.55. The zero-order valence-corrected chi connectivity index (χ0v) is 17.7. The highest BCUT2D eigenvalue weighted by Crippen LogP contribution is 2.40. The number of rotatable bonds is 7. The largest absolute Gasteiger partial charge is 0.342 e. The Morgan fingerprint density at radius 2 is 1.93 bits per heavy atom. The maximum atomic E-state index is 13.3. The highest BCUT2D eigenvalue weighted by Gasteiger charge is 2.48. The lowest BCUT2D eigenvalue weighted by molar-refractivity contribution is -0.146. The maximum absolute atomic E-state index is 13.3. The van der Waals surface area contributed by atoms with Crippen LogP contribution in [0.15, 0.2) is 30.3 Å². The molecule has 0 saturated carbocycles. The van der Waals surface area contributed by atoms with Gasteiger partial charge in [0, 0.05) is 32.7 Å². The number of benzene rings is 1. The lowest BCUT2D eigenvalue weighted by Gasteiger charge is -2.39. The second-order valence-electron chi connectivity index (χ2n) is 8.82. The molecule has 0 aliphatic carbocycles. The van der Waals surface area contributed by atoms with Crippen LogP contribution < -0.4 is 0 Å². The second kappa shape index (κ2) is 9.08. The van der Waals surface area contributed by atoms with Gasteiger partial charge in [0.15, 0.2) is 0 Å². The van der Waals surface area contributed by atoms with Gasteiger partial charge in [-0.15, -0.1) is 0 Å². The lowest BCUT2D eigenvalue weighted by atomic mass is 9.78. The molecule has 0 bridgehead atoms. The molecule has 1 unspecified atom stereocenters. The molecule has 3 rings (SSSR count). The number of amides is 2. The average Bonchev–Trinajstić information content (AvgIpc) is 3.08. The predicted octanol–water partition coefficient (Wildman–Crippen LogP) is 2.80. The van der Waals surface area contributed by atoms with E-state index in [2.05, 4.69) is 34.1 Å². The molecule has 0 radical (unpaired) electrons. The third kappa shape index (κ3) is 4.75. The van der Waals surface area contributed by atoms with Crippen LogP contribution in [0, 0.1) is 5.41 Å². The van der Waals surface area contributed by atoms with Crippen molar-refractivity contribution < 1.29 is 9.59 Å². The number of hydrogen-bond donors (Lipinski definition) is 0. The smallest absolute Gasteiger partial charge is 0.236 e. The Labute approximate surface area is 169 Å². The van der Waals surface area contributed by atoms with E-state index in [4.69, 9.17) is 0 Å². The summed E-state index contributed by atoms with van der Waals surface area (Å²) in [5, 5.41) is 0. The van der Waals surface area contributed by atoms with Crippen molar-refractivity contribution in [3.63, 3.8) is 0 Å². The molecule has 1 spiro atoms. The van der Waals surface area contributed by atoms with E-state index in [0.29, 0.717) is 12.5 Å². The van der Waals surface area contributed by atoms with Crippen molar-refractivity contribution >= 4 is 11.8 Å². The number of carbonyl (C=O) groups is 2. The molecule has 1 aromatic carbocycles. The highest BCUT2D eigenvalue weighted by atomic mass is 16.2. The van der Waals surface area contributed by atoms with E-state index in [0.717, 1.165) is 58.3 Å². The number of aryl methyl sites for hydroxylation is 1. The molecule has 1 atom stereocenters. The highest BCUT2D eigenvalue weighted by molar-refractivity contribution is 5.84. The van der Waals surface area contributed by atoms with Gasteiger partial charge in [-0.05, 0) is 58.1 Å². The van der Waals surface area contributed by atoms with Gasteiger partial charge < -0.3 is 9.80 Å². The third-order valence-corrected chi connectivity index (χ3v) is 6.52. The maximum Gasteiger partial charge on any atom is 0.236 e. The molecule has 1 aromatic rings. The molecule has 0 aromatic heterocycles. The molecule has 5 heteroatoms. The van der Waals surface area contributed by atoms with Crippen LogP contribution >= 0.6 is 0 Å². The summed E-state index contributed by atoms with van der Waals surface area (Å²) in [6, 6.07) is 10.7. The van der Waals surface area contributed by atoms with Crippen LogP contribution in [0.2, 0.25) is 0 Å². The molecule has 5 nitrogen and oxygen atoms in total. The minimum Gasteiger partial charge on any atom is -0.342 e. The Kier molecular flexibility index (Phi) is 6.76. The van der Waals surface area contributed by atoms with Crippen molar-refractivity contribution in [2.45, 2.75) is 52.0 Å². The minimum atomic E-state index is -0.262. The van der Waals surface area contributed by atoms with Crippen molar-refractivity contribution in [3.8, 4) is 0 Å². The van der Waals surface area contributed by atoms with Gasteiger partial charge >= 0.3 is 0 Å². The molecule has 2 amide bonds.